The summed E-state index contributed by atoms with van der Waals surface area (Å²) >= 11 is 0. The maximum atomic E-state index is 12.0. The van der Waals surface area contributed by atoms with Crippen LogP contribution in [0.3, 0.4) is 0 Å². The van der Waals surface area contributed by atoms with Crippen molar-refractivity contribution in [1.29, 1.82) is 0 Å². The normalized spacial score (nSPS) is 13.9. The van der Waals surface area contributed by atoms with Crippen LogP contribution < -0.4 is 0 Å². The first-order valence-electron chi connectivity index (χ1n) is 7.69. The molecule has 0 amide bonds. The van der Waals surface area contributed by atoms with Crippen molar-refractivity contribution in [1.82, 2.24) is 0 Å². The van der Waals surface area contributed by atoms with Crippen LogP contribution in [0.25, 0.3) is 0 Å². The molecule has 0 radical (unpaired) electrons. The Bertz CT molecular complexity index is 273. The molecule has 0 aromatic carbocycles. The van der Waals surface area contributed by atoms with Crippen molar-refractivity contribution in [2.24, 2.45) is 5.41 Å². The minimum absolute atomic E-state index is 0.195. The number of esters is 1. The molecule has 0 aromatic rings. The van der Waals surface area contributed by atoms with E-state index in [-0.39, 0.29) is 11.8 Å². The van der Waals surface area contributed by atoms with Gasteiger partial charge in [0.2, 0.25) is 0 Å². The summed E-state index contributed by atoms with van der Waals surface area (Å²) in [6, 6.07) is 0. The van der Waals surface area contributed by atoms with Crippen molar-refractivity contribution in [2.45, 2.75) is 79.1 Å². The Morgan fingerprint density at radius 1 is 1.00 bits per heavy atom. The highest BCUT2D eigenvalue weighted by molar-refractivity contribution is 5.86. The average Bonchev–Trinajstić information content (AvgIpc) is 2.35. The summed E-state index contributed by atoms with van der Waals surface area (Å²) in [5, 5.41) is 0. The number of hydrogen-bond donors (Lipinski definition) is 0. The van der Waals surface area contributed by atoms with E-state index in [0.717, 1.165) is 19.3 Å². The zero-order valence-corrected chi connectivity index (χ0v) is 13.1. The van der Waals surface area contributed by atoms with Crippen LogP contribution in [-0.2, 0) is 14.3 Å². The second-order valence-corrected chi connectivity index (χ2v) is 5.56. The van der Waals surface area contributed by atoms with Crippen LogP contribution in [0.2, 0.25) is 0 Å². The second kappa shape index (κ2) is 9.99. The molecule has 0 aliphatic rings. The van der Waals surface area contributed by atoms with Gasteiger partial charge in [0.15, 0.2) is 0 Å². The summed E-state index contributed by atoms with van der Waals surface area (Å²) < 4.78 is 5.11. The minimum atomic E-state index is -0.632. The second-order valence-electron chi connectivity index (χ2n) is 5.56. The Morgan fingerprint density at radius 2 is 1.68 bits per heavy atom. The highest BCUT2D eigenvalue weighted by Crippen LogP contribution is 2.30. The van der Waals surface area contributed by atoms with Gasteiger partial charge < -0.3 is 4.74 Å². The van der Waals surface area contributed by atoms with Gasteiger partial charge >= 0.3 is 5.97 Å². The molecule has 3 nitrogen and oxygen atoms in total. The van der Waals surface area contributed by atoms with Crippen molar-refractivity contribution >= 4 is 11.8 Å². The fourth-order valence-electron chi connectivity index (χ4n) is 2.39. The quantitative estimate of drug-likeness (QED) is 0.415. The summed E-state index contributed by atoms with van der Waals surface area (Å²) in [7, 11) is 0. The van der Waals surface area contributed by atoms with Crippen molar-refractivity contribution in [3.63, 3.8) is 0 Å². The summed E-state index contributed by atoms with van der Waals surface area (Å²) in [6.07, 6.45) is 6.92. The van der Waals surface area contributed by atoms with Gasteiger partial charge in [0.25, 0.3) is 0 Å². The predicted molar refractivity (Wildman–Crippen MR) is 78.0 cm³/mol. The van der Waals surface area contributed by atoms with E-state index in [9.17, 15) is 9.59 Å². The Labute approximate surface area is 118 Å². The Hall–Kier alpha value is -0.860. The molecule has 0 aliphatic heterocycles. The Kier molecular flexibility index (Phi) is 9.54. The lowest BCUT2D eigenvalue weighted by atomic mass is 9.80. The van der Waals surface area contributed by atoms with Crippen LogP contribution in [0.1, 0.15) is 79.1 Å². The Balaban J connectivity index is 4.31. The first-order valence-corrected chi connectivity index (χ1v) is 7.69. The predicted octanol–water partition coefficient (Wildman–Crippen LogP) is 4.29. The highest BCUT2D eigenvalue weighted by Gasteiger charge is 2.35. The molecule has 0 aliphatic carbocycles. The van der Waals surface area contributed by atoms with E-state index in [4.69, 9.17) is 4.74 Å². The van der Waals surface area contributed by atoms with Gasteiger partial charge in [-0.05, 0) is 26.7 Å². The van der Waals surface area contributed by atoms with Gasteiger partial charge in [-0.3, -0.25) is 9.59 Å². The number of carbonyl (C=O) groups is 2. The molecule has 0 fully saturated rings. The molecule has 0 aromatic heterocycles. The zero-order chi connectivity index (χ0) is 14.7. The van der Waals surface area contributed by atoms with Gasteiger partial charge in [-0.2, -0.15) is 0 Å². The Morgan fingerprint density at radius 3 is 2.21 bits per heavy atom. The van der Waals surface area contributed by atoms with Crippen molar-refractivity contribution < 1.29 is 14.3 Å². The van der Waals surface area contributed by atoms with E-state index in [1.807, 2.05) is 13.8 Å². The smallest absolute Gasteiger partial charge is 0.312 e. The van der Waals surface area contributed by atoms with Crippen LogP contribution in [-0.4, -0.2) is 18.4 Å². The number of Topliss-reactive ketones (excluding diaryl/α,β-unsaturated/α-hetero) is 1. The number of unbranched alkanes of at least 4 members (excludes halogenated alkanes) is 3. The maximum Gasteiger partial charge on any atom is 0.312 e. The lowest BCUT2D eigenvalue weighted by molar-refractivity contribution is -0.157. The van der Waals surface area contributed by atoms with E-state index in [1.165, 1.54) is 12.8 Å². The first kappa shape index (κ1) is 18.1. The van der Waals surface area contributed by atoms with E-state index in [0.29, 0.717) is 25.9 Å². The van der Waals surface area contributed by atoms with Crippen LogP contribution in [0.5, 0.6) is 0 Å². The van der Waals surface area contributed by atoms with Gasteiger partial charge in [0.05, 0.1) is 12.0 Å². The topological polar surface area (TPSA) is 43.4 Å². The van der Waals surface area contributed by atoms with E-state index < -0.39 is 5.41 Å². The largest absolute Gasteiger partial charge is 0.466 e. The fourth-order valence-corrected chi connectivity index (χ4v) is 2.39. The molecule has 0 rings (SSSR count). The third kappa shape index (κ3) is 7.34. The molecule has 0 heterocycles. The molecule has 0 saturated carbocycles. The molecule has 1 unspecified atom stereocenters. The van der Waals surface area contributed by atoms with E-state index >= 15 is 0 Å². The summed E-state index contributed by atoms with van der Waals surface area (Å²) in [4.78, 5) is 24.0. The van der Waals surface area contributed by atoms with Crippen molar-refractivity contribution in [3.05, 3.63) is 0 Å². The van der Waals surface area contributed by atoms with Gasteiger partial charge in [0.1, 0.15) is 5.78 Å². The van der Waals surface area contributed by atoms with Crippen molar-refractivity contribution in [3.8, 4) is 0 Å². The first-order chi connectivity index (χ1) is 9.00. The lowest BCUT2D eigenvalue weighted by Gasteiger charge is -2.26. The number of hydrogen-bond acceptors (Lipinski definition) is 3. The van der Waals surface area contributed by atoms with Gasteiger partial charge in [-0.1, -0.05) is 39.5 Å². The lowest BCUT2D eigenvalue weighted by Crippen LogP contribution is -2.32. The third-order valence-electron chi connectivity index (χ3n) is 3.47. The van der Waals surface area contributed by atoms with E-state index in [2.05, 4.69) is 6.92 Å². The minimum Gasteiger partial charge on any atom is -0.466 e. The number of ether oxygens (including phenoxy) is 1. The maximum absolute atomic E-state index is 12.0. The molecule has 0 bridgehead atoms. The fraction of sp³-hybridized carbons (Fsp3) is 0.875. The molecular formula is C16H30O3. The van der Waals surface area contributed by atoms with E-state index in [1.54, 1.807) is 6.92 Å². The van der Waals surface area contributed by atoms with Crippen LogP contribution in [0.4, 0.5) is 0 Å². The monoisotopic (exact) mass is 270 g/mol. The molecule has 0 N–H and O–H groups in total. The van der Waals surface area contributed by atoms with Gasteiger partial charge in [-0.25, -0.2) is 0 Å². The van der Waals surface area contributed by atoms with Gasteiger partial charge in [0, 0.05) is 12.8 Å². The standard InChI is InChI=1S/C16H30O3/c1-5-8-9-10-11-14(17)13-16(4,12-6-2)15(18)19-7-3/h5-13H2,1-4H3. The molecule has 3 heteroatoms. The molecule has 0 spiro atoms. The van der Waals surface area contributed by atoms with Crippen LogP contribution in [0, 0.1) is 5.41 Å². The molecule has 19 heavy (non-hydrogen) atoms. The SMILES string of the molecule is CCCCCCC(=O)CC(C)(CCC)C(=O)OCC. The summed E-state index contributed by atoms with van der Waals surface area (Å²) in [6.45, 7) is 8.22. The highest BCUT2D eigenvalue weighted by atomic mass is 16.5. The van der Waals surface area contributed by atoms with Crippen LogP contribution in [0.15, 0.2) is 0 Å². The molecular weight excluding hydrogens is 240 g/mol. The molecule has 1 atom stereocenters. The van der Waals surface area contributed by atoms with Crippen LogP contribution >= 0.6 is 0 Å². The third-order valence-corrected chi connectivity index (χ3v) is 3.47. The summed E-state index contributed by atoms with van der Waals surface area (Å²) in [5.74, 6) is -0.0288. The molecule has 112 valence electrons. The van der Waals surface area contributed by atoms with Gasteiger partial charge in [-0.15, -0.1) is 0 Å². The summed E-state index contributed by atoms with van der Waals surface area (Å²) in [5.41, 5.74) is -0.632. The van der Waals surface area contributed by atoms with Crippen molar-refractivity contribution in [2.75, 3.05) is 6.61 Å². The zero-order valence-electron chi connectivity index (χ0n) is 13.1. The molecule has 0 saturated heterocycles. The average molecular weight is 270 g/mol. The number of rotatable bonds is 11. The number of carbonyl (C=O) groups excluding carboxylic acids is 2. The number of ketones is 1.